The molecule has 0 fully saturated rings. The molecule has 0 aromatic rings. The quantitative estimate of drug-likeness (QED) is 0.0195. The lowest BCUT2D eigenvalue weighted by Gasteiger charge is -2.28. The van der Waals surface area contributed by atoms with Crippen LogP contribution in [0.3, 0.4) is 0 Å². The lowest BCUT2D eigenvalue weighted by atomic mass is 10.0. The fourth-order valence-electron chi connectivity index (χ4n) is 9.08. The van der Waals surface area contributed by atoms with Gasteiger partial charge in [-0.15, -0.1) is 0 Å². The van der Waals surface area contributed by atoms with E-state index in [9.17, 15) is 19.0 Å². The number of carbonyl (C=O) groups excluding carboxylic acids is 2. The van der Waals surface area contributed by atoms with Crippen molar-refractivity contribution in [1.82, 2.24) is 0 Å². The van der Waals surface area contributed by atoms with E-state index in [1.165, 1.54) is 212 Å². The first-order valence-corrected chi connectivity index (χ1v) is 32.7. The third-order valence-electron chi connectivity index (χ3n) is 13.9. The van der Waals surface area contributed by atoms with Gasteiger partial charge in [0.2, 0.25) is 0 Å². The molecule has 0 aliphatic carbocycles. The smallest absolute Gasteiger partial charge is 0.306 e. The van der Waals surface area contributed by atoms with E-state index in [0.29, 0.717) is 17.4 Å². The Bertz CT molecular complexity index is 1330. The number of quaternary nitrogens is 1. The lowest BCUT2D eigenvalue weighted by molar-refractivity contribution is -0.870. The van der Waals surface area contributed by atoms with Crippen molar-refractivity contribution < 1.29 is 42.1 Å². The van der Waals surface area contributed by atoms with Crippen molar-refractivity contribution in [2.45, 2.75) is 309 Å². The molecule has 2 unspecified atom stereocenters. The molecule has 0 aliphatic heterocycles. The molecule has 0 rings (SSSR count). The Labute approximate surface area is 452 Å². The minimum atomic E-state index is -4.64. The summed E-state index contributed by atoms with van der Waals surface area (Å²) in [5.41, 5.74) is 0. The molecule has 0 aromatic carbocycles. The first-order valence-electron chi connectivity index (χ1n) is 31.2. The number of likely N-dealkylation sites (N-methyl/N-ethyl adjacent to an activating group) is 1. The number of unbranched alkanes of at least 4 members (excludes halogenated alkanes) is 38. The molecule has 0 spiro atoms. The lowest BCUT2D eigenvalue weighted by Crippen LogP contribution is -2.37. The topological polar surface area (TPSA) is 111 Å². The molecule has 0 saturated carbocycles. The second kappa shape index (κ2) is 55.0. The third kappa shape index (κ3) is 59.3. The van der Waals surface area contributed by atoms with Gasteiger partial charge in [-0.2, -0.15) is 0 Å². The standard InChI is InChI=1S/C63H120NO8P/c1-6-8-10-12-14-16-18-20-22-24-26-28-30-31-32-34-35-37-39-41-43-45-47-49-51-53-55-62(65)69-59-61(60-71-73(67,68)70-58-57-64(3,4)5)72-63(66)56-54-52-50-48-46-44-42-40-38-36-33-29-27-25-23-21-19-17-15-13-11-9-7-2/h19,21,25,27,33,36,61H,6-18,20,22-24,26,28-32,34-35,37-60H2,1-5H3/b21-19-,27-25-,36-33-. The summed E-state index contributed by atoms with van der Waals surface area (Å²) in [4.78, 5) is 37.9. The average molecular weight is 1050 g/mol. The van der Waals surface area contributed by atoms with Gasteiger partial charge in [0.05, 0.1) is 27.7 Å². The summed E-state index contributed by atoms with van der Waals surface area (Å²) in [6.45, 7) is 4.27. The highest BCUT2D eigenvalue weighted by Gasteiger charge is 2.22. The molecule has 73 heavy (non-hydrogen) atoms. The van der Waals surface area contributed by atoms with Crippen LogP contribution in [0.2, 0.25) is 0 Å². The Morgan fingerprint density at radius 3 is 1.10 bits per heavy atom. The first kappa shape index (κ1) is 71.2. The number of allylic oxidation sites excluding steroid dienone is 6. The number of esters is 2. The summed E-state index contributed by atoms with van der Waals surface area (Å²) in [6, 6.07) is 0. The van der Waals surface area contributed by atoms with Crippen LogP contribution in [-0.4, -0.2) is 70.0 Å². The number of hydrogen-bond donors (Lipinski definition) is 0. The monoisotopic (exact) mass is 1050 g/mol. The molecule has 0 aliphatic rings. The highest BCUT2D eigenvalue weighted by molar-refractivity contribution is 7.45. The maximum atomic E-state index is 12.8. The van der Waals surface area contributed by atoms with E-state index in [0.717, 1.165) is 57.8 Å². The van der Waals surface area contributed by atoms with Crippen LogP contribution in [0.15, 0.2) is 36.5 Å². The van der Waals surface area contributed by atoms with E-state index in [2.05, 4.69) is 50.3 Å². The number of rotatable bonds is 58. The maximum Gasteiger partial charge on any atom is 0.306 e. The Hall–Kier alpha value is -1.77. The van der Waals surface area contributed by atoms with Crippen LogP contribution < -0.4 is 4.89 Å². The van der Waals surface area contributed by atoms with Crippen molar-refractivity contribution in [2.75, 3.05) is 47.5 Å². The Kier molecular flexibility index (Phi) is 53.7. The normalized spacial score (nSPS) is 13.5. The summed E-state index contributed by atoms with van der Waals surface area (Å²) in [5, 5.41) is 0. The highest BCUT2D eigenvalue weighted by Crippen LogP contribution is 2.38. The van der Waals surface area contributed by atoms with Crippen LogP contribution in [0.1, 0.15) is 303 Å². The van der Waals surface area contributed by atoms with E-state index in [4.69, 9.17) is 18.5 Å². The molecule has 0 amide bonds. The minimum Gasteiger partial charge on any atom is -0.756 e. The third-order valence-corrected chi connectivity index (χ3v) is 14.9. The van der Waals surface area contributed by atoms with E-state index in [1.807, 2.05) is 21.1 Å². The molecule has 9 nitrogen and oxygen atoms in total. The van der Waals surface area contributed by atoms with Crippen molar-refractivity contribution >= 4 is 19.8 Å². The second-order valence-electron chi connectivity index (χ2n) is 22.4. The number of nitrogens with zero attached hydrogens (tertiary/aromatic N) is 1. The van der Waals surface area contributed by atoms with Gasteiger partial charge in [-0.05, 0) is 51.4 Å². The Balaban J connectivity index is 4.10. The first-order chi connectivity index (χ1) is 35.5. The number of hydrogen-bond acceptors (Lipinski definition) is 8. The summed E-state index contributed by atoms with van der Waals surface area (Å²) in [6.07, 6.45) is 67.7. The molecular formula is C63H120NO8P. The van der Waals surface area contributed by atoms with Crippen molar-refractivity contribution in [2.24, 2.45) is 0 Å². The molecular weight excluding hydrogens is 930 g/mol. The van der Waals surface area contributed by atoms with Gasteiger partial charge in [0.1, 0.15) is 19.8 Å². The largest absolute Gasteiger partial charge is 0.756 e. The minimum absolute atomic E-state index is 0.0311. The zero-order valence-corrected chi connectivity index (χ0v) is 49.7. The van der Waals surface area contributed by atoms with Gasteiger partial charge >= 0.3 is 11.9 Å². The predicted octanol–water partition coefficient (Wildman–Crippen LogP) is 18.9. The number of ether oxygens (including phenoxy) is 2. The summed E-state index contributed by atoms with van der Waals surface area (Å²) >= 11 is 0. The van der Waals surface area contributed by atoms with E-state index in [1.54, 1.807) is 0 Å². The number of phosphoric acid groups is 1. The van der Waals surface area contributed by atoms with Crippen molar-refractivity contribution in [3.05, 3.63) is 36.5 Å². The van der Waals surface area contributed by atoms with Crippen molar-refractivity contribution in [3.8, 4) is 0 Å². The predicted molar refractivity (Wildman–Crippen MR) is 310 cm³/mol. The van der Waals surface area contributed by atoms with Crippen LogP contribution in [0.5, 0.6) is 0 Å². The van der Waals surface area contributed by atoms with Crippen LogP contribution in [-0.2, 0) is 32.7 Å². The van der Waals surface area contributed by atoms with Crippen molar-refractivity contribution in [1.29, 1.82) is 0 Å². The molecule has 0 N–H and O–H groups in total. The summed E-state index contributed by atoms with van der Waals surface area (Å²) in [7, 11) is 1.17. The molecule has 10 heteroatoms. The van der Waals surface area contributed by atoms with Gasteiger partial charge in [0, 0.05) is 12.8 Å². The maximum absolute atomic E-state index is 12.8. The van der Waals surface area contributed by atoms with Crippen LogP contribution >= 0.6 is 7.82 Å². The fourth-order valence-corrected chi connectivity index (χ4v) is 9.81. The number of carbonyl (C=O) groups is 2. The van der Waals surface area contributed by atoms with Crippen LogP contribution in [0, 0.1) is 0 Å². The fraction of sp³-hybridized carbons (Fsp3) is 0.873. The number of phosphoric ester groups is 1. The molecule has 0 radical (unpaired) electrons. The zero-order valence-electron chi connectivity index (χ0n) is 48.9. The van der Waals surface area contributed by atoms with Gasteiger partial charge < -0.3 is 27.9 Å². The van der Waals surface area contributed by atoms with E-state index < -0.39 is 26.5 Å². The molecule has 2 atom stereocenters. The SMILES string of the molecule is CCCCCCC/C=C\C/C=C\C/C=C\CCCCCCCCCCC(=O)OC(COC(=O)CCCCCCCCCCCCCCCCCCCCCCCCCCCC)COP(=O)([O-])OCC[N+](C)(C)C. The van der Waals surface area contributed by atoms with E-state index >= 15 is 0 Å². The average Bonchev–Trinajstić information content (AvgIpc) is 3.35. The molecule has 430 valence electrons. The molecule has 0 bridgehead atoms. The van der Waals surface area contributed by atoms with Gasteiger partial charge in [-0.1, -0.05) is 275 Å². The van der Waals surface area contributed by atoms with Crippen LogP contribution in [0.25, 0.3) is 0 Å². The van der Waals surface area contributed by atoms with Crippen LogP contribution in [0.4, 0.5) is 0 Å². The van der Waals surface area contributed by atoms with Gasteiger partial charge in [0.25, 0.3) is 7.82 Å². The zero-order chi connectivity index (χ0) is 53.5. The summed E-state index contributed by atoms with van der Waals surface area (Å²) < 4.78 is 34.2. The second-order valence-corrected chi connectivity index (χ2v) is 23.8. The van der Waals surface area contributed by atoms with Gasteiger partial charge in [-0.3, -0.25) is 14.2 Å². The van der Waals surface area contributed by atoms with Gasteiger partial charge in [-0.25, -0.2) is 0 Å². The molecule has 0 heterocycles. The Morgan fingerprint density at radius 2 is 0.740 bits per heavy atom. The molecule has 0 aromatic heterocycles. The van der Waals surface area contributed by atoms with Crippen molar-refractivity contribution in [3.63, 3.8) is 0 Å². The van der Waals surface area contributed by atoms with E-state index in [-0.39, 0.29) is 32.0 Å². The van der Waals surface area contributed by atoms with Gasteiger partial charge in [0.15, 0.2) is 6.10 Å². The Morgan fingerprint density at radius 1 is 0.425 bits per heavy atom. The molecule has 0 saturated heterocycles. The highest BCUT2D eigenvalue weighted by atomic mass is 31.2. The summed E-state index contributed by atoms with van der Waals surface area (Å²) in [5.74, 6) is -0.827.